The number of hydrogen-bond acceptors (Lipinski definition) is 4. The van der Waals surface area contributed by atoms with Gasteiger partial charge < -0.3 is 10.5 Å². The Hall–Kier alpha value is -2.04. The number of anilines is 2. The Kier molecular flexibility index (Phi) is 3.46. The van der Waals surface area contributed by atoms with E-state index in [0.717, 1.165) is 0 Å². The van der Waals surface area contributed by atoms with Gasteiger partial charge in [-0.15, -0.1) is 0 Å². The van der Waals surface area contributed by atoms with Crippen LogP contribution in [0.15, 0.2) is 18.2 Å². The summed E-state index contributed by atoms with van der Waals surface area (Å²) in [7, 11) is 1.50. The average Bonchev–Trinajstić information content (AvgIpc) is 2.61. The van der Waals surface area contributed by atoms with Gasteiger partial charge in [0.15, 0.2) is 0 Å². The summed E-state index contributed by atoms with van der Waals surface area (Å²) in [5.74, 6) is 0.140. The maximum Gasteiger partial charge on any atom is 0.240 e. The molecule has 1 aromatic carbocycles. The summed E-state index contributed by atoms with van der Waals surface area (Å²) < 4.78 is 5.24. The number of nitrogen functional groups attached to an aromatic ring is 1. The van der Waals surface area contributed by atoms with Crippen LogP contribution < -0.4 is 15.4 Å². The number of benzene rings is 1. The summed E-state index contributed by atoms with van der Waals surface area (Å²) in [6.45, 7) is 5.73. The third kappa shape index (κ3) is 2.03. The molecule has 0 aromatic heterocycles. The van der Waals surface area contributed by atoms with Gasteiger partial charge in [-0.25, -0.2) is 4.90 Å². The van der Waals surface area contributed by atoms with Crippen LogP contribution in [0.1, 0.15) is 27.2 Å². The number of nitrogens with zero attached hydrogens (tertiary/aromatic N) is 1. The minimum absolute atomic E-state index is 0.0796. The summed E-state index contributed by atoms with van der Waals surface area (Å²) in [6, 6.07) is 4.94. The molecule has 1 aliphatic rings. The van der Waals surface area contributed by atoms with Gasteiger partial charge in [-0.2, -0.15) is 0 Å². The Morgan fingerprint density at radius 3 is 2.50 bits per heavy atom. The Morgan fingerprint density at radius 2 is 2.00 bits per heavy atom. The fourth-order valence-electron chi connectivity index (χ4n) is 2.41. The van der Waals surface area contributed by atoms with Crippen LogP contribution in [0.25, 0.3) is 0 Å². The molecule has 2 N–H and O–H groups in total. The molecule has 0 bridgehead atoms. The lowest BCUT2D eigenvalue weighted by molar-refractivity contribution is -0.126. The van der Waals surface area contributed by atoms with Crippen molar-refractivity contribution in [2.24, 2.45) is 11.3 Å². The molecule has 1 aliphatic heterocycles. The maximum absolute atomic E-state index is 12.7. The van der Waals surface area contributed by atoms with E-state index in [-0.39, 0.29) is 24.2 Å². The topological polar surface area (TPSA) is 72.6 Å². The third-order valence-corrected chi connectivity index (χ3v) is 4.18. The first-order valence-corrected chi connectivity index (χ1v) is 6.62. The monoisotopic (exact) mass is 276 g/mol. The predicted molar refractivity (Wildman–Crippen MR) is 77.5 cm³/mol. The molecular weight excluding hydrogens is 256 g/mol. The van der Waals surface area contributed by atoms with Gasteiger partial charge in [0.1, 0.15) is 5.75 Å². The number of imide groups is 1. The number of hydrogen-bond donors (Lipinski definition) is 1. The fraction of sp³-hybridized carbons (Fsp3) is 0.467. The number of methoxy groups -OCH3 is 1. The van der Waals surface area contributed by atoms with E-state index in [1.165, 1.54) is 12.0 Å². The van der Waals surface area contributed by atoms with Crippen molar-refractivity contribution in [1.82, 2.24) is 0 Å². The van der Waals surface area contributed by atoms with Crippen LogP contribution in [0.5, 0.6) is 5.75 Å². The van der Waals surface area contributed by atoms with E-state index in [0.29, 0.717) is 17.1 Å². The van der Waals surface area contributed by atoms with Crippen LogP contribution in [0, 0.1) is 11.3 Å². The maximum atomic E-state index is 12.7. The second-order valence-electron chi connectivity index (χ2n) is 5.71. The fourth-order valence-corrected chi connectivity index (χ4v) is 2.41. The molecule has 1 aromatic rings. The highest BCUT2D eigenvalue weighted by molar-refractivity contribution is 6.23. The first-order valence-electron chi connectivity index (χ1n) is 6.62. The number of ether oxygens (including phenoxy) is 1. The van der Waals surface area contributed by atoms with E-state index in [9.17, 15) is 9.59 Å². The summed E-state index contributed by atoms with van der Waals surface area (Å²) in [6.07, 6.45) is 0.210. The van der Waals surface area contributed by atoms with Crippen LogP contribution >= 0.6 is 0 Å². The van der Waals surface area contributed by atoms with Crippen molar-refractivity contribution in [3.8, 4) is 5.75 Å². The van der Waals surface area contributed by atoms with Gasteiger partial charge in [0.25, 0.3) is 0 Å². The molecule has 2 rings (SSSR count). The van der Waals surface area contributed by atoms with Gasteiger partial charge in [0.2, 0.25) is 11.8 Å². The van der Waals surface area contributed by atoms with E-state index in [4.69, 9.17) is 10.5 Å². The second kappa shape index (κ2) is 4.81. The zero-order valence-corrected chi connectivity index (χ0v) is 12.3. The second-order valence-corrected chi connectivity index (χ2v) is 5.71. The quantitative estimate of drug-likeness (QED) is 0.678. The first kappa shape index (κ1) is 14.4. The van der Waals surface area contributed by atoms with E-state index in [1.54, 1.807) is 18.2 Å². The molecule has 20 heavy (non-hydrogen) atoms. The van der Waals surface area contributed by atoms with Crippen molar-refractivity contribution < 1.29 is 14.3 Å². The van der Waals surface area contributed by atoms with Crippen LogP contribution in [0.3, 0.4) is 0 Å². The summed E-state index contributed by atoms with van der Waals surface area (Å²) in [5.41, 5.74) is 6.00. The molecule has 1 atom stereocenters. The molecule has 5 nitrogen and oxygen atoms in total. The molecule has 0 radical (unpaired) electrons. The van der Waals surface area contributed by atoms with Gasteiger partial charge >= 0.3 is 0 Å². The van der Waals surface area contributed by atoms with Crippen molar-refractivity contribution in [2.75, 3.05) is 17.7 Å². The average molecular weight is 276 g/mol. The molecule has 0 saturated carbocycles. The van der Waals surface area contributed by atoms with Gasteiger partial charge in [0.05, 0.1) is 18.2 Å². The van der Waals surface area contributed by atoms with E-state index in [1.807, 2.05) is 20.8 Å². The van der Waals surface area contributed by atoms with Crippen LogP contribution in [-0.2, 0) is 9.59 Å². The number of nitrogens with two attached hydrogens (primary N) is 1. The summed E-state index contributed by atoms with van der Waals surface area (Å²) >= 11 is 0. The summed E-state index contributed by atoms with van der Waals surface area (Å²) in [5, 5.41) is 0. The number of rotatable bonds is 3. The lowest BCUT2D eigenvalue weighted by atomic mass is 9.78. The lowest BCUT2D eigenvalue weighted by Gasteiger charge is -2.26. The minimum atomic E-state index is -0.674. The standard InChI is InChI=1S/C15H20N2O3/c1-9(2)15(3)8-13(18)17(14(15)19)11-7-10(16)5-6-12(11)20-4/h5-7,9H,8,16H2,1-4H3. The van der Waals surface area contributed by atoms with Crippen molar-refractivity contribution in [3.63, 3.8) is 0 Å². The number of carbonyl (C=O) groups excluding carboxylic acids is 2. The number of carbonyl (C=O) groups is 2. The third-order valence-electron chi connectivity index (χ3n) is 4.18. The normalized spacial score (nSPS) is 22.8. The minimum Gasteiger partial charge on any atom is -0.495 e. The van der Waals surface area contributed by atoms with E-state index < -0.39 is 5.41 Å². The van der Waals surface area contributed by atoms with Crippen molar-refractivity contribution in [3.05, 3.63) is 18.2 Å². The van der Waals surface area contributed by atoms with Gasteiger partial charge in [-0.05, 0) is 31.0 Å². The highest BCUT2D eigenvalue weighted by atomic mass is 16.5. The van der Waals surface area contributed by atoms with Gasteiger partial charge in [-0.1, -0.05) is 13.8 Å². The first-order chi connectivity index (χ1) is 9.31. The van der Waals surface area contributed by atoms with Crippen molar-refractivity contribution in [2.45, 2.75) is 27.2 Å². The van der Waals surface area contributed by atoms with Crippen molar-refractivity contribution >= 4 is 23.2 Å². The van der Waals surface area contributed by atoms with E-state index in [2.05, 4.69) is 0 Å². The van der Waals surface area contributed by atoms with E-state index >= 15 is 0 Å². The highest BCUT2D eigenvalue weighted by Gasteiger charge is 2.51. The zero-order valence-electron chi connectivity index (χ0n) is 12.3. The molecule has 1 fully saturated rings. The lowest BCUT2D eigenvalue weighted by Crippen LogP contribution is -2.37. The molecule has 1 heterocycles. The molecular formula is C15H20N2O3. The van der Waals surface area contributed by atoms with Crippen molar-refractivity contribution in [1.29, 1.82) is 0 Å². The molecule has 108 valence electrons. The van der Waals surface area contributed by atoms with Crippen LogP contribution in [0.4, 0.5) is 11.4 Å². The molecule has 1 saturated heterocycles. The smallest absolute Gasteiger partial charge is 0.240 e. The molecule has 5 heteroatoms. The molecule has 0 spiro atoms. The SMILES string of the molecule is COc1ccc(N)cc1N1C(=O)CC(C)(C(C)C)C1=O. The molecule has 0 aliphatic carbocycles. The zero-order chi connectivity index (χ0) is 15.1. The molecule has 2 amide bonds. The predicted octanol–water partition coefficient (Wildman–Crippen LogP) is 2.20. The molecule has 1 unspecified atom stereocenters. The Bertz CT molecular complexity index is 568. The van der Waals surface area contributed by atoms with Crippen LogP contribution in [-0.4, -0.2) is 18.9 Å². The Labute approximate surface area is 118 Å². The Balaban J connectivity index is 2.51. The summed E-state index contributed by atoms with van der Waals surface area (Å²) in [4.78, 5) is 26.2. The largest absolute Gasteiger partial charge is 0.495 e. The Morgan fingerprint density at radius 1 is 1.35 bits per heavy atom. The van der Waals surface area contributed by atoms with Gasteiger partial charge in [0, 0.05) is 12.1 Å². The van der Waals surface area contributed by atoms with Gasteiger partial charge in [-0.3, -0.25) is 9.59 Å². The van der Waals surface area contributed by atoms with Crippen LogP contribution in [0.2, 0.25) is 0 Å². The highest BCUT2D eigenvalue weighted by Crippen LogP contribution is 2.43. The number of amides is 2.